The summed E-state index contributed by atoms with van der Waals surface area (Å²) in [6.45, 7) is 12.4. The molecule has 1 heterocycles. The Morgan fingerprint density at radius 2 is 1.87 bits per heavy atom. The number of thioether (sulfide) groups is 1. The molecule has 0 spiro atoms. The minimum absolute atomic E-state index is 0.0369. The topological polar surface area (TPSA) is 67.6 Å². The van der Waals surface area contributed by atoms with E-state index in [1.54, 1.807) is 5.41 Å². The summed E-state index contributed by atoms with van der Waals surface area (Å²) in [6, 6.07) is 14.3. The van der Waals surface area contributed by atoms with E-state index in [0.29, 0.717) is 5.56 Å². The smallest absolute Gasteiger partial charge is 0.251 e. The van der Waals surface area contributed by atoms with Crippen LogP contribution >= 0.6 is 11.8 Å². The highest BCUT2D eigenvalue weighted by molar-refractivity contribution is 8.10. The highest BCUT2D eigenvalue weighted by Crippen LogP contribution is 2.31. The number of rotatable bonds is 8. The molecule has 2 aromatic carbocycles. The molecule has 0 unspecified atom stereocenters. The molecule has 0 bridgehead atoms. The van der Waals surface area contributed by atoms with E-state index in [2.05, 4.69) is 54.1 Å². The number of ether oxygens (including phenoxy) is 1. The van der Waals surface area contributed by atoms with Crippen molar-refractivity contribution in [2.45, 2.75) is 19.9 Å². The van der Waals surface area contributed by atoms with Crippen LogP contribution in [0.3, 0.4) is 0 Å². The molecule has 1 atom stereocenters. The third kappa shape index (κ3) is 6.72. The van der Waals surface area contributed by atoms with Crippen LogP contribution in [0.1, 0.15) is 28.4 Å². The summed E-state index contributed by atoms with van der Waals surface area (Å²) < 4.78 is 5.41. The molecular weight excluding hydrogens is 406 g/mol. The predicted octanol–water partition coefficient (Wildman–Crippen LogP) is 4.25. The quantitative estimate of drug-likeness (QED) is 0.646. The molecule has 164 valence electrons. The van der Waals surface area contributed by atoms with E-state index >= 15 is 0 Å². The summed E-state index contributed by atoms with van der Waals surface area (Å²) in [5.41, 5.74) is 10.3. The summed E-state index contributed by atoms with van der Waals surface area (Å²) in [5.74, 6) is -0.0804. The van der Waals surface area contributed by atoms with E-state index in [1.165, 1.54) is 23.5 Å². The predicted molar refractivity (Wildman–Crippen MR) is 131 cm³/mol. The van der Waals surface area contributed by atoms with Gasteiger partial charge in [-0.15, -0.1) is 0 Å². The molecule has 3 rings (SSSR count). The van der Waals surface area contributed by atoms with Crippen LogP contribution in [-0.4, -0.2) is 49.7 Å². The van der Waals surface area contributed by atoms with Crippen LogP contribution in [0.15, 0.2) is 60.7 Å². The van der Waals surface area contributed by atoms with E-state index in [1.807, 2.05) is 19.1 Å². The molecule has 2 aromatic rings. The number of aryl methyl sites for hydroxylation is 1. The van der Waals surface area contributed by atoms with Crippen molar-refractivity contribution in [3.63, 3.8) is 0 Å². The normalized spacial score (nSPS) is 15.7. The van der Waals surface area contributed by atoms with Crippen LogP contribution in [-0.2, 0) is 4.74 Å². The zero-order chi connectivity index (χ0) is 22.2. The van der Waals surface area contributed by atoms with Gasteiger partial charge in [0.15, 0.2) is 0 Å². The monoisotopic (exact) mass is 437 g/mol. The first kappa shape index (κ1) is 23.1. The van der Waals surface area contributed by atoms with Gasteiger partial charge in [-0.05, 0) is 54.1 Å². The van der Waals surface area contributed by atoms with Gasteiger partial charge in [0.1, 0.15) is 0 Å². The highest BCUT2D eigenvalue weighted by atomic mass is 32.2. The van der Waals surface area contributed by atoms with Crippen molar-refractivity contribution in [1.82, 2.24) is 10.2 Å². The van der Waals surface area contributed by atoms with Gasteiger partial charge in [-0.2, -0.15) is 0 Å². The van der Waals surface area contributed by atoms with Crippen LogP contribution in [0.25, 0.3) is 16.0 Å². The van der Waals surface area contributed by atoms with Gasteiger partial charge in [0.05, 0.1) is 13.2 Å². The van der Waals surface area contributed by atoms with Crippen LogP contribution in [0, 0.1) is 6.92 Å². The molecule has 5 nitrogen and oxygen atoms in total. The maximum atomic E-state index is 13.1. The first-order chi connectivity index (χ1) is 15.0. The van der Waals surface area contributed by atoms with Crippen molar-refractivity contribution in [3.8, 4) is 11.1 Å². The Balaban J connectivity index is 1.82. The Labute approximate surface area is 189 Å². The molecule has 3 N–H and O–H groups in total. The Morgan fingerprint density at radius 1 is 1.19 bits per heavy atom. The maximum absolute atomic E-state index is 13.1. The Hall–Kier alpha value is -2.54. The molecule has 31 heavy (non-hydrogen) atoms. The molecule has 0 aliphatic carbocycles. The summed E-state index contributed by atoms with van der Waals surface area (Å²) >= 11 is 1.44. The number of nitrogens with one attached hydrogen (secondary N) is 1. The fourth-order valence-corrected chi connectivity index (χ4v) is 4.04. The molecular formula is C25H31N3O2S. The zero-order valence-electron chi connectivity index (χ0n) is 18.3. The molecule has 6 heteroatoms. The van der Waals surface area contributed by atoms with Gasteiger partial charge in [0, 0.05) is 42.3 Å². The third-order valence-corrected chi connectivity index (χ3v) is 6.02. The number of carbonyl (C=O) groups is 1. The third-order valence-electron chi connectivity index (χ3n) is 5.20. The van der Waals surface area contributed by atoms with E-state index in [-0.39, 0.29) is 11.9 Å². The second-order valence-corrected chi connectivity index (χ2v) is 8.82. The number of benzene rings is 2. The maximum Gasteiger partial charge on any atom is 0.251 e. The van der Waals surface area contributed by atoms with Crippen molar-refractivity contribution in [3.05, 3.63) is 77.3 Å². The molecule has 1 aliphatic rings. The molecule has 0 radical (unpaired) electrons. The zero-order valence-corrected chi connectivity index (χ0v) is 19.1. The lowest BCUT2D eigenvalue weighted by molar-refractivity contribution is 0.0342. The molecule has 1 saturated heterocycles. The number of amides is 1. The molecule has 1 fully saturated rings. The molecule has 1 amide bonds. The van der Waals surface area contributed by atoms with Crippen molar-refractivity contribution in [2.75, 3.05) is 32.8 Å². The Bertz CT molecular complexity index is 934. The second-order valence-electron chi connectivity index (χ2n) is 7.82. The lowest BCUT2D eigenvalue weighted by Gasteiger charge is -2.29. The second kappa shape index (κ2) is 11.2. The van der Waals surface area contributed by atoms with Crippen LogP contribution < -0.4 is 11.1 Å². The fourth-order valence-electron chi connectivity index (χ4n) is 3.55. The summed E-state index contributed by atoms with van der Waals surface area (Å²) in [4.78, 5) is 16.3. The lowest BCUT2D eigenvalue weighted by Crippen LogP contribution is -2.46. The van der Waals surface area contributed by atoms with Crippen LogP contribution in [0.2, 0.25) is 0 Å². The summed E-state index contributed by atoms with van der Waals surface area (Å²) in [6.07, 6.45) is 1.49. The van der Waals surface area contributed by atoms with Crippen molar-refractivity contribution in [2.24, 2.45) is 5.73 Å². The van der Waals surface area contributed by atoms with E-state index in [0.717, 1.165) is 54.4 Å². The fraction of sp³-hybridized carbons (Fsp3) is 0.320. The first-order valence-electron chi connectivity index (χ1n) is 10.5. The van der Waals surface area contributed by atoms with Gasteiger partial charge in [-0.1, -0.05) is 48.2 Å². The van der Waals surface area contributed by atoms with E-state index in [9.17, 15) is 4.79 Å². The van der Waals surface area contributed by atoms with E-state index < -0.39 is 0 Å². The van der Waals surface area contributed by atoms with E-state index in [4.69, 9.17) is 10.5 Å². The molecule has 0 saturated carbocycles. The number of morpholine rings is 1. The van der Waals surface area contributed by atoms with Crippen molar-refractivity contribution >= 4 is 22.6 Å². The van der Waals surface area contributed by atoms with Crippen molar-refractivity contribution in [1.29, 1.82) is 0 Å². The van der Waals surface area contributed by atoms with Gasteiger partial charge in [0.2, 0.25) is 0 Å². The van der Waals surface area contributed by atoms with Crippen LogP contribution in [0.5, 0.6) is 0 Å². The van der Waals surface area contributed by atoms with Gasteiger partial charge < -0.3 is 15.8 Å². The average Bonchev–Trinajstić information content (AvgIpc) is 2.78. The van der Waals surface area contributed by atoms with Gasteiger partial charge in [-0.25, -0.2) is 0 Å². The molecule has 0 aromatic heterocycles. The van der Waals surface area contributed by atoms with Crippen molar-refractivity contribution < 1.29 is 9.53 Å². The number of hydrogen-bond donors (Lipinski definition) is 2. The minimum atomic E-state index is -0.0804. The lowest BCUT2D eigenvalue weighted by atomic mass is 9.98. The van der Waals surface area contributed by atoms with Crippen LogP contribution in [0.4, 0.5) is 0 Å². The standard InChI is InChI=1S/C25H31N3O2S/c1-18-4-6-21(7-5-18)23-14-22(20(3)31-13-8-26)15-24(16-23)25(29)27-19(2)17-28-9-11-30-12-10-28/h4-8,13-16,19H,3,9-12,17,26H2,1-2H3,(H,27,29)/b13-8-/t19-/m1/s1. The number of hydrogen-bond acceptors (Lipinski definition) is 5. The number of carbonyl (C=O) groups excluding carboxylic acids is 1. The average molecular weight is 438 g/mol. The minimum Gasteiger partial charge on any atom is -0.404 e. The van der Waals surface area contributed by atoms with Gasteiger partial charge in [0.25, 0.3) is 5.91 Å². The Kier molecular flexibility index (Phi) is 8.35. The molecule has 1 aliphatic heterocycles. The highest BCUT2D eigenvalue weighted by Gasteiger charge is 2.17. The number of nitrogens with two attached hydrogens (primary N) is 1. The van der Waals surface area contributed by atoms with Gasteiger partial charge in [-0.3, -0.25) is 9.69 Å². The summed E-state index contributed by atoms with van der Waals surface area (Å²) in [5, 5.41) is 4.93. The first-order valence-corrected chi connectivity index (χ1v) is 11.4. The Morgan fingerprint density at radius 3 is 2.55 bits per heavy atom. The SMILES string of the molecule is C=C(S/C=C\N)c1cc(C(=O)N[C@H](C)CN2CCOCC2)cc(-c2ccc(C)cc2)c1. The largest absolute Gasteiger partial charge is 0.404 e. The van der Waals surface area contributed by atoms with Gasteiger partial charge >= 0.3 is 0 Å². The number of nitrogens with zero attached hydrogens (tertiary/aromatic N) is 1. The summed E-state index contributed by atoms with van der Waals surface area (Å²) in [7, 11) is 0.